The van der Waals surface area contributed by atoms with E-state index in [2.05, 4.69) is 4.98 Å². The summed E-state index contributed by atoms with van der Waals surface area (Å²) in [6, 6.07) is 9.69. The van der Waals surface area contributed by atoms with Crippen molar-refractivity contribution < 1.29 is 0 Å². The van der Waals surface area contributed by atoms with Crippen molar-refractivity contribution in [3.05, 3.63) is 35.9 Å². The van der Waals surface area contributed by atoms with Crippen LogP contribution in [0.15, 0.2) is 30.3 Å². The second-order valence-corrected chi connectivity index (χ2v) is 2.90. The minimum absolute atomic E-state index is 0.184. The Morgan fingerprint density at radius 2 is 2.08 bits per heavy atom. The minimum Gasteiger partial charge on any atom is -0.383 e. The number of anilines is 1. The van der Waals surface area contributed by atoms with Gasteiger partial charge in [0.2, 0.25) is 0 Å². The van der Waals surface area contributed by atoms with Crippen molar-refractivity contribution in [2.45, 2.75) is 6.54 Å². The fourth-order valence-corrected chi connectivity index (χ4v) is 1.32. The summed E-state index contributed by atoms with van der Waals surface area (Å²) in [7, 11) is 0. The SMILES string of the molecule is [NH]Cc1cc2ccccc2nc1N. The van der Waals surface area contributed by atoms with E-state index in [0.717, 1.165) is 16.5 Å². The van der Waals surface area contributed by atoms with Crippen molar-refractivity contribution in [2.24, 2.45) is 0 Å². The normalized spacial score (nSPS) is 10.5. The molecule has 1 radical (unpaired) electrons. The molecular formula is C10H10N3. The van der Waals surface area contributed by atoms with Crippen molar-refractivity contribution in [3.8, 4) is 0 Å². The minimum atomic E-state index is 0.184. The van der Waals surface area contributed by atoms with Gasteiger partial charge in [-0.15, -0.1) is 0 Å². The topological polar surface area (TPSA) is 62.7 Å². The second-order valence-electron chi connectivity index (χ2n) is 2.90. The lowest BCUT2D eigenvalue weighted by molar-refractivity contribution is 1.02. The number of nitrogens with one attached hydrogen (secondary N) is 1. The standard InChI is InChI=1S/C10H10N3/c11-6-8-5-7-3-1-2-4-9(7)13-10(8)12/h1-5,11H,6H2,(H2,12,13). The van der Waals surface area contributed by atoms with Gasteiger partial charge in [0.05, 0.1) is 5.52 Å². The van der Waals surface area contributed by atoms with Gasteiger partial charge in [0, 0.05) is 17.5 Å². The smallest absolute Gasteiger partial charge is 0.128 e. The van der Waals surface area contributed by atoms with Crippen LogP contribution >= 0.6 is 0 Å². The Hall–Kier alpha value is -1.61. The fourth-order valence-electron chi connectivity index (χ4n) is 1.32. The third-order valence-corrected chi connectivity index (χ3v) is 2.03. The van der Waals surface area contributed by atoms with Crippen molar-refractivity contribution in [2.75, 3.05) is 5.73 Å². The first kappa shape index (κ1) is 8.01. The molecule has 65 valence electrons. The fraction of sp³-hybridized carbons (Fsp3) is 0.100. The quantitative estimate of drug-likeness (QED) is 0.710. The highest BCUT2D eigenvalue weighted by Gasteiger charge is 2.00. The Bertz CT molecular complexity index is 437. The lowest BCUT2D eigenvalue weighted by atomic mass is 10.1. The summed E-state index contributed by atoms with van der Waals surface area (Å²) in [5.41, 5.74) is 14.6. The molecular weight excluding hydrogens is 162 g/mol. The second kappa shape index (κ2) is 3.03. The van der Waals surface area contributed by atoms with Gasteiger partial charge in [-0.2, -0.15) is 0 Å². The number of aromatic nitrogens is 1. The molecule has 0 spiro atoms. The molecule has 1 aromatic carbocycles. The predicted molar refractivity (Wildman–Crippen MR) is 53.0 cm³/mol. The van der Waals surface area contributed by atoms with Crippen LogP contribution in [0.5, 0.6) is 0 Å². The van der Waals surface area contributed by atoms with E-state index in [1.165, 1.54) is 0 Å². The Morgan fingerprint density at radius 3 is 2.85 bits per heavy atom. The van der Waals surface area contributed by atoms with E-state index in [-0.39, 0.29) is 6.54 Å². The van der Waals surface area contributed by atoms with Crippen LogP contribution in [-0.2, 0) is 6.54 Å². The lowest BCUT2D eigenvalue weighted by Crippen LogP contribution is -1.98. The predicted octanol–water partition coefficient (Wildman–Crippen LogP) is 1.60. The van der Waals surface area contributed by atoms with Crippen LogP contribution in [0.25, 0.3) is 10.9 Å². The average molecular weight is 172 g/mol. The first-order valence-electron chi connectivity index (χ1n) is 4.10. The molecule has 0 atom stereocenters. The van der Waals surface area contributed by atoms with E-state index >= 15 is 0 Å². The molecule has 0 amide bonds. The van der Waals surface area contributed by atoms with Crippen molar-refractivity contribution in [3.63, 3.8) is 0 Å². The third kappa shape index (κ3) is 1.34. The zero-order chi connectivity index (χ0) is 9.26. The average Bonchev–Trinajstić information content (AvgIpc) is 2.17. The third-order valence-electron chi connectivity index (χ3n) is 2.03. The van der Waals surface area contributed by atoms with Gasteiger partial charge in [-0.25, -0.2) is 4.98 Å². The molecule has 0 fully saturated rings. The van der Waals surface area contributed by atoms with Gasteiger partial charge in [0.1, 0.15) is 5.82 Å². The molecule has 0 aliphatic rings. The number of hydrogen-bond acceptors (Lipinski definition) is 2. The van der Waals surface area contributed by atoms with Crippen LogP contribution in [0, 0.1) is 0 Å². The number of benzene rings is 1. The highest BCUT2D eigenvalue weighted by atomic mass is 14.8. The molecule has 2 rings (SSSR count). The molecule has 0 saturated carbocycles. The van der Waals surface area contributed by atoms with E-state index in [4.69, 9.17) is 11.5 Å². The number of nitrogens with two attached hydrogens (primary N) is 1. The highest BCUT2D eigenvalue weighted by Crippen LogP contribution is 2.17. The van der Waals surface area contributed by atoms with Gasteiger partial charge in [-0.05, 0) is 12.1 Å². The Kier molecular flexibility index (Phi) is 1.87. The molecule has 1 aromatic heterocycles. The Morgan fingerprint density at radius 1 is 1.31 bits per heavy atom. The van der Waals surface area contributed by atoms with Gasteiger partial charge in [0.25, 0.3) is 0 Å². The molecule has 1 heterocycles. The summed E-state index contributed by atoms with van der Waals surface area (Å²) < 4.78 is 0. The van der Waals surface area contributed by atoms with Crippen molar-refractivity contribution in [1.29, 1.82) is 0 Å². The van der Waals surface area contributed by atoms with E-state index in [1.54, 1.807) is 0 Å². The molecule has 3 nitrogen and oxygen atoms in total. The number of fused-ring (bicyclic) bond motifs is 1. The zero-order valence-electron chi connectivity index (χ0n) is 7.12. The number of nitrogens with zero attached hydrogens (tertiary/aromatic N) is 1. The van der Waals surface area contributed by atoms with E-state index < -0.39 is 0 Å². The van der Waals surface area contributed by atoms with Gasteiger partial charge < -0.3 is 5.73 Å². The van der Waals surface area contributed by atoms with Gasteiger partial charge >= 0.3 is 0 Å². The number of hydrogen-bond donors (Lipinski definition) is 1. The number of rotatable bonds is 1. The maximum Gasteiger partial charge on any atom is 0.128 e. The van der Waals surface area contributed by atoms with Crippen LogP contribution in [0.2, 0.25) is 0 Å². The summed E-state index contributed by atoms with van der Waals surface area (Å²) in [5.74, 6) is 0.466. The van der Waals surface area contributed by atoms with Crippen LogP contribution < -0.4 is 11.5 Å². The molecule has 13 heavy (non-hydrogen) atoms. The first-order chi connectivity index (χ1) is 6.31. The Balaban J connectivity index is 2.74. The summed E-state index contributed by atoms with van der Waals surface area (Å²) in [6.07, 6.45) is 0. The van der Waals surface area contributed by atoms with Gasteiger partial charge in [0.15, 0.2) is 0 Å². The molecule has 0 saturated heterocycles. The van der Waals surface area contributed by atoms with Crippen LogP contribution in [0.3, 0.4) is 0 Å². The van der Waals surface area contributed by atoms with Gasteiger partial charge in [-0.1, -0.05) is 18.2 Å². The molecule has 0 unspecified atom stereocenters. The van der Waals surface area contributed by atoms with Crippen LogP contribution in [-0.4, -0.2) is 4.98 Å². The first-order valence-corrected chi connectivity index (χ1v) is 4.10. The summed E-state index contributed by atoms with van der Waals surface area (Å²) in [4.78, 5) is 4.20. The number of nitrogen functional groups attached to an aromatic ring is 1. The van der Waals surface area contributed by atoms with Gasteiger partial charge in [-0.3, -0.25) is 5.73 Å². The van der Waals surface area contributed by atoms with Crippen LogP contribution in [0.1, 0.15) is 5.56 Å². The van der Waals surface area contributed by atoms with E-state index in [1.807, 2.05) is 30.3 Å². The molecule has 0 aliphatic heterocycles. The van der Waals surface area contributed by atoms with Crippen molar-refractivity contribution >= 4 is 16.7 Å². The largest absolute Gasteiger partial charge is 0.383 e. The molecule has 2 aromatic rings. The molecule has 3 heteroatoms. The molecule has 3 N–H and O–H groups in total. The molecule has 0 bridgehead atoms. The number of pyridine rings is 1. The van der Waals surface area contributed by atoms with E-state index in [0.29, 0.717) is 5.82 Å². The lowest BCUT2D eigenvalue weighted by Gasteiger charge is -2.03. The zero-order valence-corrected chi connectivity index (χ0v) is 7.12. The summed E-state index contributed by atoms with van der Waals surface area (Å²) >= 11 is 0. The highest BCUT2D eigenvalue weighted by molar-refractivity contribution is 5.81. The summed E-state index contributed by atoms with van der Waals surface area (Å²) in [6.45, 7) is 0.184. The summed E-state index contributed by atoms with van der Waals surface area (Å²) in [5, 5.41) is 1.04. The number of para-hydroxylation sites is 1. The van der Waals surface area contributed by atoms with Crippen molar-refractivity contribution in [1.82, 2.24) is 10.7 Å². The monoisotopic (exact) mass is 172 g/mol. The maximum absolute atomic E-state index is 7.24. The molecule has 0 aliphatic carbocycles. The maximum atomic E-state index is 7.24. The Labute approximate surface area is 76.4 Å². The van der Waals surface area contributed by atoms with Crippen LogP contribution in [0.4, 0.5) is 5.82 Å². The van der Waals surface area contributed by atoms with E-state index in [9.17, 15) is 0 Å².